The topological polar surface area (TPSA) is 29.5 Å². The van der Waals surface area contributed by atoms with E-state index in [1.165, 1.54) is 16.7 Å². The molecule has 3 nitrogen and oxygen atoms in total. The molecule has 2 aliphatic rings. The standard InChI is InChI=1S/C13H15F.C11H13NO2/c1-8(2)13-9(3)6-10-4-5-11(14)7-12(10)13;1-8(2)12-9-5-3-4-6-10(9)14-7-11(12)13/h4-5,7-8H,6H2,1-3H3;3-6,8H,7H2,1-2H3. The van der Waals surface area contributed by atoms with Crippen molar-refractivity contribution in [1.82, 2.24) is 0 Å². The van der Waals surface area contributed by atoms with E-state index >= 15 is 0 Å². The van der Waals surface area contributed by atoms with Crippen LogP contribution in [-0.2, 0) is 11.2 Å². The third-order valence-electron chi connectivity index (χ3n) is 5.12. The first-order chi connectivity index (χ1) is 13.3. The van der Waals surface area contributed by atoms with Crippen LogP contribution in [0.4, 0.5) is 10.1 Å². The Morgan fingerprint density at radius 1 is 1.07 bits per heavy atom. The minimum absolute atomic E-state index is 0.0266. The SMILES string of the molecule is CC(C)N1C(=O)COc2ccccc21.CC1=C(C(C)C)c2cc(F)ccc2C1. The molecule has 0 radical (unpaired) electrons. The summed E-state index contributed by atoms with van der Waals surface area (Å²) < 4.78 is 18.4. The molecule has 0 saturated heterocycles. The number of ether oxygens (including phenoxy) is 1. The second-order valence-electron chi connectivity index (χ2n) is 7.94. The van der Waals surface area contributed by atoms with Crippen molar-refractivity contribution in [2.75, 3.05) is 11.5 Å². The van der Waals surface area contributed by atoms with Gasteiger partial charge in [-0.3, -0.25) is 4.79 Å². The number of halogens is 1. The maximum Gasteiger partial charge on any atom is 0.265 e. The molecule has 2 aromatic rings. The van der Waals surface area contributed by atoms with Crippen molar-refractivity contribution in [2.45, 2.75) is 47.1 Å². The summed E-state index contributed by atoms with van der Waals surface area (Å²) in [4.78, 5) is 13.4. The van der Waals surface area contributed by atoms with Gasteiger partial charge in [0.15, 0.2) is 6.61 Å². The number of rotatable bonds is 2. The molecule has 0 spiro atoms. The van der Waals surface area contributed by atoms with E-state index in [1.807, 2.05) is 44.2 Å². The first kappa shape index (κ1) is 20.1. The molecule has 4 rings (SSSR count). The fourth-order valence-corrected chi connectivity index (χ4v) is 4.06. The Morgan fingerprint density at radius 2 is 1.79 bits per heavy atom. The van der Waals surface area contributed by atoms with Gasteiger partial charge in [-0.1, -0.05) is 37.6 Å². The molecule has 0 fully saturated rings. The largest absolute Gasteiger partial charge is 0.482 e. The van der Waals surface area contributed by atoms with Gasteiger partial charge in [0.2, 0.25) is 0 Å². The number of carbonyl (C=O) groups excluding carboxylic acids is 1. The van der Waals surface area contributed by atoms with E-state index in [0.717, 1.165) is 23.4 Å². The van der Waals surface area contributed by atoms with Gasteiger partial charge in [0.25, 0.3) is 5.91 Å². The molecule has 1 heterocycles. The first-order valence-corrected chi connectivity index (χ1v) is 9.82. The molecular weight excluding hydrogens is 353 g/mol. The second-order valence-corrected chi connectivity index (χ2v) is 7.94. The number of para-hydroxylation sites is 2. The summed E-state index contributed by atoms with van der Waals surface area (Å²) in [6, 6.07) is 12.9. The minimum Gasteiger partial charge on any atom is -0.482 e. The molecule has 0 bridgehead atoms. The van der Waals surface area contributed by atoms with Gasteiger partial charge in [-0.15, -0.1) is 0 Å². The highest BCUT2D eigenvalue weighted by molar-refractivity contribution is 5.98. The Bertz CT molecular complexity index is 915. The fourth-order valence-electron chi connectivity index (χ4n) is 4.06. The van der Waals surface area contributed by atoms with Gasteiger partial charge in [-0.25, -0.2) is 4.39 Å². The predicted octanol–water partition coefficient (Wildman–Crippen LogP) is 5.63. The highest BCUT2D eigenvalue weighted by Crippen LogP contribution is 2.37. The smallest absolute Gasteiger partial charge is 0.265 e. The van der Waals surface area contributed by atoms with Gasteiger partial charge in [-0.05, 0) is 74.1 Å². The van der Waals surface area contributed by atoms with Crippen LogP contribution in [0.2, 0.25) is 0 Å². The Morgan fingerprint density at radius 3 is 2.46 bits per heavy atom. The molecule has 0 atom stereocenters. The quantitative estimate of drug-likeness (QED) is 0.674. The molecule has 148 valence electrons. The van der Waals surface area contributed by atoms with E-state index in [1.54, 1.807) is 17.0 Å². The van der Waals surface area contributed by atoms with Crippen LogP contribution in [-0.4, -0.2) is 18.6 Å². The van der Waals surface area contributed by atoms with Crippen LogP contribution in [0.1, 0.15) is 45.7 Å². The average molecular weight is 381 g/mol. The van der Waals surface area contributed by atoms with E-state index in [4.69, 9.17) is 4.74 Å². The highest BCUT2D eigenvalue weighted by Gasteiger charge is 2.26. The molecular formula is C24H28FNO2. The third-order valence-corrected chi connectivity index (χ3v) is 5.12. The van der Waals surface area contributed by atoms with Crippen LogP contribution in [0.3, 0.4) is 0 Å². The normalized spacial score (nSPS) is 15.3. The van der Waals surface area contributed by atoms with Crippen molar-refractivity contribution in [1.29, 1.82) is 0 Å². The van der Waals surface area contributed by atoms with Crippen molar-refractivity contribution >= 4 is 17.2 Å². The van der Waals surface area contributed by atoms with Crippen LogP contribution in [0.5, 0.6) is 5.75 Å². The molecule has 4 heteroatoms. The van der Waals surface area contributed by atoms with E-state index in [0.29, 0.717) is 5.92 Å². The van der Waals surface area contributed by atoms with E-state index in [9.17, 15) is 9.18 Å². The minimum atomic E-state index is -0.128. The number of hydrogen-bond donors (Lipinski definition) is 0. The monoisotopic (exact) mass is 381 g/mol. The van der Waals surface area contributed by atoms with Gasteiger partial charge in [0.1, 0.15) is 11.6 Å². The predicted molar refractivity (Wildman–Crippen MR) is 112 cm³/mol. The Labute approximate surface area is 166 Å². The summed E-state index contributed by atoms with van der Waals surface area (Å²) in [5.74, 6) is 1.18. The van der Waals surface area contributed by atoms with Crippen LogP contribution in [0, 0.1) is 11.7 Å². The van der Waals surface area contributed by atoms with Gasteiger partial charge >= 0.3 is 0 Å². The summed E-state index contributed by atoms with van der Waals surface area (Å²) in [5.41, 5.74) is 5.99. The second kappa shape index (κ2) is 8.17. The molecule has 0 unspecified atom stereocenters. The van der Waals surface area contributed by atoms with Crippen LogP contribution in [0.15, 0.2) is 48.0 Å². The molecule has 1 amide bonds. The average Bonchev–Trinajstić information content (AvgIpc) is 2.96. The van der Waals surface area contributed by atoms with Crippen LogP contribution >= 0.6 is 0 Å². The Kier molecular flexibility index (Phi) is 5.87. The molecule has 1 aliphatic carbocycles. The molecule has 0 saturated carbocycles. The Balaban J connectivity index is 0.000000161. The van der Waals surface area contributed by atoms with Crippen LogP contribution < -0.4 is 9.64 Å². The van der Waals surface area contributed by atoms with E-state index < -0.39 is 0 Å². The number of carbonyl (C=O) groups is 1. The lowest BCUT2D eigenvalue weighted by Gasteiger charge is -2.32. The number of amides is 1. The zero-order chi connectivity index (χ0) is 20.4. The number of benzene rings is 2. The number of nitrogens with zero attached hydrogens (tertiary/aromatic N) is 1. The number of hydrogen-bond acceptors (Lipinski definition) is 2. The van der Waals surface area contributed by atoms with Crippen LogP contribution in [0.25, 0.3) is 5.57 Å². The summed E-state index contributed by atoms with van der Waals surface area (Å²) in [6.45, 7) is 10.6. The first-order valence-electron chi connectivity index (χ1n) is 9.82. The van der Waals surface area contributed by atoms with Gasteiger partial charge < -0.3 is 9.64 Å². The maximum absolute atomic E-state index is 13.1. The van der Waals surface area contributed by atoms with Gasteiger partial charge in [0.05, 0.1) is 5.69 Å². The molecule has 1 aliphatic heterocycles. The zero-order valence-electron chi connectivity index (χ0n) is 17.3. The third kappa shape index (κ3) is 3.96. The van der Waals surface area contributed by atoms with Crippen molar-refractivity contribution in [2.24, 2.45) is 5.92 Å². The molecule has 0 aromatic heterocycles. The number of allylic oxidation sites excluding steroid dienone is 2. The van der Waals surface area contributed by atoms with Crippen molar-refractivity contribution in [3.63, 3.8) is 0 Å². The molecule has 2 aromatic carbocycles. The van der Waals surface area contributed by atoms with E-state index in [2.05, 4.69) is 20.8 Å². The molecule has 0 N–H and O–H groups in total. The summed E-state index contributed by atoms with van der Waals surface area (Å²) in [7, 11) is 0. The lowest BCUT2D eigenvalue weighted by Crippen LogP contribution is -2.43. The van der Waals surface area contributed by atoms with Gasteiger partial charge in [0, 0.05) is 6.04 Å². The Hall–Kier alpha value is -2.62. The summed E-state index contributed by atoms with van der Waals surface area (Å²) in [5, 5.41) is 0. The highest BCUT2D eigenvalue weighted by atomic mass is 19.1. The molecule has 28 heavy (non-hydrogen) atoms. The number of fused-ring (bicyclic) bond motifs is 2. The zero-order valence-corrected chi connectivity index (χ0v) is 17.3. The van der Waals surface area contributed by atoms with Crippen molar-refractivity contribution in [3.8, 4) is 5.75 Å². The van der Waals surface area contributed by atoms with Crippen molar-refractivity contribution < 1.29 is 13.9 Å². The van der Waals surface area contributed by atoms with Crippen molar-refractivity contribution in [3.05, 3.63) is 65.0 Å². The summed E-state index contributed by atoms with van der Waals surface area (Å²) in [6.07, 6.45) is 0.989. The summed E-state index contributed by atoms with van der Waals surface area (Å²) >= 11 is 0. The lowest BCUT2D eigenvalue weighted by atomic mass is 9.95. The lowest BCUT2D eigenvalue weighted by molar-refractivity contribution is -0.121. The maximum atomic E-state index is 13.1. The van der Waals surface area contributed by atoms with Gasteiger partial charge in [-0.2, -0.15) is 0 Å². The number of anilines is 1. The van der Waals surface area contributed by atoms with E-state index in [-0.39, 0.29) is 24.4 Å². The fraction of sp³-hybridized carbons (Fsp3) is 0.375.